The Bertz CT molecular complexity index is 155. The van der Waals surface area contributed by atoms with E-state index in [1.165, 1.54) is 0 Å². The van der Waals surface area contributed by atoms with Crippen molar-refractivity contribution in [3.8, 4) is 0 Å². The molecular weight excluding hydrogens is 242 g/mol. The highest BCUT2D eigenvalue weighted by Gasteiger charge is 2.32. The summed E-state index contributed by atoms with van der Waals surface area (Å²) in [6.07, 6.45) is 0. The molecule has 0 bridgehead atoms. The van der Waals surface area contributed by atoms with Gasteiger partial charge in [-0.2, -0.15) is 0 Å². The molecule has 0 rings (SSSR count). The lowest BCUT2D eigenvalue weighted by atomic mass is 10.9. The third-order valence-corrected chi connectivity index (χ3v) is 3.04. The molecule has 0 heterocycles. The molecule has 0 saturated carbocycles. The van der Waals surface area contributed by atoms with Gasteiger partial charge in [0.05, 0.1) is 6.61 Å². The van der Waals surface area contributed by atoms with Crippen LogP contribution in [0.15, 0.2) is 0 Å². The Kier molecular flexibility index (Phi) is 5.46. The molecule has 0 aliphatic heterocycles. The second kappa shape index (κ2) is 5.22. The van der Waals surface area contributed by atoms with Crippen LogP contribution in [-0.4, -0.2) is 22.7 Å². The summed E-state index contributed by atoms with van der Waals surface area (Å²) < 4.78 is 27.1. The molecule has 0 aromatic carbocycles. The van der Waals surface area contributed by atoms with E-state index in [2.05, 4.69) is 25.5 Å². The molecule has 2 atom stereocenters. The summed E-state index contributed by atoms with van der Waals surface area (Å²) in [7, 11) is -4.24. The SMILES string of the molecule is CCOOP(=O)(O)C(F)CBr. The van der Waals surface area contributed by atoms with Crippen molar-refractivity contribution in [1.29, 1.82) is 0 Å². The summed E-state index contributed by atoms with van der Waals surface area (Å²) in [5.74, 6) is -1.95. The first kappa shape index (κ1) is 11.5. The van der Waals surface area contributed by atoms with Gasteiger partial charge in [-0.3, -0.25) is 4.57 Å². The van der Waals surface area contributed by atoms with Crippen LogP contribution in [0.2, 0.25) is 0 Å². The van der Waals surface area contributed by atoms with Gasteiger partial charge in [-0.1, -0.05) is 15.9 Å². The number of halogens is 2. The fourth-order valence-electron chi connectivity index (χ4n) is 0.262. The molecule has 0 amide bonds. The van der Waals surface area contributed by atoms with Gasteiger partial charge >= 0.3 is 7.60 Å². The van der Waals surface area contributed by atoms with Crippen LogP contribution >= 0.6 is 23.5 Å². The van der Waals surface area contributed by atoms with Crippen LogP contribution in [0.4, 0.5) is 4.39 Å². The fourth-order valence-corrected chi connectivity index (χ4v) is 1.88. The van der Waals surface area contributed by atoms with E-state index in [4.69, 9.17) is 4.89 Å². The minimum absolute atomic E-state index is 0.0968. The van der Waals surface area contributed by atoms with Crippen molar-refractivity contribution in [2.24, 2.45) is 0 Å². The largest absolute Gasteiger partial charge is 0.389 e. The Morgan fingerprint density at radius 2 is 2.36 bits per heavy atom. The first-order chi connectivity index (χ1) is 5.04. The van der Waals surface area contributed by atoms with Crippen LogP contribution in [0.5, 0.6) is 0 Å². The Morgan fingerprint density at radius 3 is 2.73 bits per heavy atom. The van der Waals surface area contributed by atoms with Crippen LogP contribution in [-0.2, 0) is 14.1 Å². The normalized spacial score (nSPS) is 19.3. The molecule has 0 aromatic heterocycles. The maximum Gasteiger partial charge on any atom is 0.389 e. The zero-order valence-corrected chi connectivity index (χ0v) is 8.35. The topological polar surface area (TPSA) is 55.8 Å². The molecule has 0 aliphatic carbocycles. The van der Waals surface area contributed by atoms with Gasteiger partial charge < -0.3 is 4.89 Å². The van der Waals surface area contributed by atoms with Gasteiger partial charge in [-0.25, -0.2) is 9.28 Å². The highest BCUT2D eigenvalue weighted by atomic mass is 79.9. The lowest BCUT2D eigenvalue weighted by Gasteiger charge is -2.11. The summed E-state index contributed by atoms with van der Waals surface area (Å²) in [5.41, 5.74) is 0. The van der Waals surface area contributed by atoms with Crippen LogP contribution in [0, 0.1) is 0 Å². The van der Waals surface area contributed by atoms with Crippen molar-refractivity contribution >= 4 is 23.5 Å². The van der Waals surface area contributed by atoms with Crippen molar-refractivity contribution in [1.82, 2.24) is 0 Å². The fraction of sp³-hybridized carbons (Fsp3) is 1.00. The Balaban J connectivity index is 3.89. The van der Waals surface area contributed by atoms with Gasteiger partial charge in [-0.05, 0) is 6.92 Å². The number of hydrogen-bond donors (Lipinski definition) is 1. The van der Waals surface area contributed by atoms with E-state index in [9.17, 15) is 8.96 Å². The lowest BCUT2D eigenvalue weighted by Crippen LogP contribution is -2.06. The van der Waals surface area contributed by atoms with Crippen LogP contribution in [0.3, 0.4) is 0 Å². The van der Waals surface area contributed by atoms with Crippen molar-refractivity contribution in [2.75, 3.05) is 11.9 Å². The number of rotatable bonds is 5. The van der Waals surface area contributed by atoms with Gasteiger partial charge in [0, 0.05) is 5.33 Å². The van der Waals surface area contributed by atoms with Crippen molar-refractivity contribution in [3.63, 3.8) is 0 Å². The first-order valence-electron chi connectivity index (χ1n) is 2.88. The summed E-state index contributed by atoms with van der Waals surface area (Å²) in [6, 6.07) is 0. The lowest BCUT2D eigenvalue weighted by molar-refractivity contribution is -0.210. The maximum absolute atomic E-state index is 12.5. The predicted octanol–water partition coefficient (Wildman–Crippen LogP) is 1.83. The van der Waals surface area contributed by atoms with Gasteiger partial charge in [0.25, 0.3) is 0 Å². The Labute approximate surface area is 72.3 Å². The average Bonchev–Trinajstić information content (AvgIpc) is 1.99. The second-order valence-electron chi connectivity index (χ2n) is 1.63. The molecule has 2 unspecified atom stereocenters. The molecule has 0 fully saturated rings. The molecule has 0 radical (unpaired) electrons. The third-order valence-electron chi connectivity index (χ3n) is 0.759. The smallest absolute Gasteiger partial charge is 0.321 e. The van der Waals surface area contributed by atoms with E-state index in [-0.39, 0.29) is 11.9 Å². The van der Waals surface area contributed by atoms with E-state index in [0.717, 1.165) is 0 Å². The minimum atomic E-state index is -4.24. The first-order valence-corrected chi connectivity index (χ1v) is 5.65. The number of hydrogen-bond acceptors (Lipinski definition) is 3. The average molecular weight is 251 g/mol. The zero-order valence-electron chi connectivity index (χ0n) is 5.87. The molecule has 0 spiro atoms. The summed E-state index contributed by atoms with van der Waals surface area (Å²) in [4.78, 5) is 12.9. The van der Waals surface area contributed by atoms with E-state index in [1.807, 2.05) is 0 Å². The summed E-state index contributed by atoms with van der Waals surface area (Å²) in [6.45, 7) is 1.65. The molecule has 68 valence electrons. The summed E-state index contributed by atoms with van der Waals surface area (Å²) in [5, 5.41) is -0.256. The number of alkyl halides is 2. The molecule has 0 saturated heterocycles. The molecule has 11 heavy (non-hydrogen) atoms. The van der Waals surface area contributed by atoms with E-state index in [0.29, 0.717) is 0 Å². The van der Waals surface area contributed by atoms with Crippen molar-refractivity contribution in [2.45, 2.75) is 12.8 Å². The van der Waals surface area contributed by atoms with Crippen LogP contribution in [0.25, 0.3) is 0 Å². The predicted molar refractivity (Wildman–Crippen MR) is 41.2 cm³/mol. The van der Waals surface area contributed by atoms with Gasteiger partial charge in [0.1, 0.15) is 0 Å². The van der Waals surface area contributed by atoms with E-state index in [1.54, 1.807) is 6.92 Å². The quantitative estimate of drug-likeness (QED) is 0.350. The van der Waals surface area contributed by atoms with Gasteiger partial charge in [-0.15, -0.1) is 4.67 Å². The van der Waals surface area contributed by atoms with Gasteiger partial charge in [0.2, 0.25) is 5.91 Å². The summed E-state index contributed by atoms with van der Waals surface area (Å²) >= 11 is 2.70. The standard InChI is InChI=1S/C4H9BrFO4P/c1-2-9-10-11(7,8)4(6)3-5/h4H,2-3H2,1H3,(H,7,8). The minimum Gasteiger partial charge on any atom is -0.321 e. The highest BCUT2D eigenvalue weighted by Crippen LogP contribution is 2.48. The Hall–Kier alpha value is 0.520. The second-order valence-corrected chi connectivity index (χ2v) is 4.12. The van der Waals surface area contributed by atoms with Crippen LogP contribution < -0.4 is 0 Å². The van der Waals surface area contributed by atoms with Crippen molar-refractivity contribution in [3.05, 3.63) is 0 Å². The monoisotopic (exact) mass is 250 g/mol. The Morgan fingerprint density at radius 1 is 1.82 bits per heavy atom. The zero-order chi connectivity index (χ0) is 8.91. The van der Waals surface area contributed by atoms with Crippen LogP contribution in [0.1, 0.15) is 6.92 Å². The third kappa shape index (κ3) is 4.18. The molecule has 0 aliphatic rings. The molecule has 1 N–H and O–H groups in total. The maximum atomic E-state index is 12.5. The molecule has 4 nitrogen and oxygen atoms in total. The molecule has 7 heteroatoms. The highest BCUT2D eigenvalue weighted by molar-refractivity contribution is 9.09. The molecule has 0 aromatic rings. The van der Waals surface area contributed by atoms with Crippen molar-refractivity contribution < 1.29 is 23.4 Å². The van der Waals surface area contributed by atoms with E-state index < -0.39 is 13.5 Å². The molecular formula is C4H9BrFO4P. The van der Waals surface area contributed by atoms with E-state index >= 15 is 0 Å². The van der Waals surface area contributed by atoms with Gasteiger partial charge in [0.15, 0.2) is 0 Å².